The van der Waals surface area contributed by atoms with Crippen LogP contribution in [-0.4, -0.2) is 42.4 Å². The van der Waals surface area contributed by atoms with Gasteiger partial charge >= 0.3 is 0 Å². The lowest BCUT2D eigenvalue weighted by Gasteiger charge is -2.18. The number of nitrogens with one attached hydrogen (secondary N) is 1. The van der Waals surface area contributed by atoms with E-state index in [0.717, 1.165) is 42.1 Å². The van der Waals surface area contributed by atoms with E-state index in [2.05, 4.69) is 15.3 Å². The van der Waals surface area contributed by atoms with Crippen LogP contribution in [0.3, 0.4) is 0 Å². The number of aromatic nitrogens is 2. The van der Waals surface area contributed by atoms with Crippen LogP contribution >= 0.6 is 0 Å². The first-order valence-electron chi connectivity index (χ1n) is 9.10. The molecule has 0 saturated carbocycles. The molecule has 2 aromatic rings. The summed E-state index contributed by atoms with van der Waals surface area (Å²) in [5.41, 5.74) is 3.28. The van der Waals surface area contributed by atoms with Crippen LogP contribution in [0.1, 0.15) is 27.9 Å². The Kier molecular flexibility index (Phi) is 5.48. The van der Waals surface area contributed by atoms with Gasteiger partial charge in [-0.2, -0.15) is 5.10 Å². The second-order valence-electron chi connectivity index (χ2n) is 7.13. The average Bonchev–Trinajstić information content (AvgIpc) is 3.10. The monoisotopic (exact) mass is 370 g/mol. The summed E-state index contributed by atoms with van der Waals surface area (Å²) in [6.07, 6.45) is 2.68. The fraction of sp³-hybridized carbons (Fsp3) is 0.450. The Morgan fingerprint density at radius 3 is 2.63 bits per heavy atom. The number of methoxy groups -OCH3 is 1. The highest BCUT2D eigenvalue weighted by Crippen LogP contribution is 2.25. The van der Waals surface area contributed by atoms with Crippen LogP contribution in [0.4, 0.5) is 5.69 Å². The third-order valence-electron chi connectivity index (χ3n) is 5.08. The van der Waals surface area contributed by atoms with E-state index >= 15 is 0 Å². The smallest absolute Gasteiger partial charge is 0.268 e. The topological polar surface area (TPSA) is 76.5 Å². The third-order valence-corrected chi connectivity index (χ3v) is 5.08. The maximum absolute atomic E-state index is 12.5. The van der Waals surface area contributed by atoms with Crippen molar-refractivity contribution in [2.45, 2.75) is 20.3 Å². The van der Waals surface area contributed by atoms with Gasteiger partial charge in [0.15, 0.2) is 0 Å². The summed E-state index contributed by atoms with van der Waals surface area (Å²) >= 11 is 0. The number of aryl methyl sites for hydroxylation is 3. The molecule has 1 fully saturated rings. The maximum Gasteiger partial charge on any atom is 0.268 e. The average molecular weight is 370 g/mol. The van der Waals surface area contributed by atoms with Crippen molar-refractivity contribution in [2.75, 3.05) is 31.6 Å². The van der Waals surface area contributed by atoms with Gasteiger partial charge in [-0.1, -0.05) is 0 Å². The van der Waals surface area contributed by atoms with Gasteiger partial charge in [0.05, 0.1) is 19.0 Å². The molecule has 1 aliphatic heterocycles. The predicted molar refractivity (Wildman–Crippen MR) is 105 cm³/mol. The summed E-state index contributed by atoms with van der Waals surface area (Å²) in [7, 11) is 3.27. The Hall–Kier alpha value is -2.83. The van der Waals surface area contributed by atoms with Gasteiger partial charge in [-0.25, -0.2) is 4.68 Å². The first-order chi connectivity index (χ1) is 12.9. The van der Waals surface area contributed by atoms with E-state index in [0.29, 0.717) is 18.0 Å². The molecule has 0 aliphatic carbocycles. The molecule has 0 radical (unpaired) electrons. The zero-order valence-electron chi connectivity index (χ0n) is 16.3. The molecule has 1 aromatic heterocycles. The summed E-state index contributed by atoms with van der Waals surface area (Å²) in [6, 6.07) is 5.32. The number of hydrogen-bond acceptors (Lipinski definition) is 5. The number of ether oxygens (including phenoxy) is 1. The molecule has 7 nitrogen and oxygen atoms in total. The van der Waals surface area contributed by atoms with Crippen LogP contribution in [-0.2, 0) is 7.05 Å². The number of carbonyl (C=O) groups excluding carboxylic acids is 1. The summed E-state index contributed by atoms with van der Waals surface area (Å²) in [5.74, 6) is 1.09. The van der Waals surface area contributed by atoms with Crippen LogP contribution in [0.25, 0.3) is 0 Å². The van der Waals surface area contributed by atoms with Gasteiger partial charge in [0.25, 0.3) is 11.5 Å². The molecule has 7 heteroatoms. The van der Waals surface area contributed by atoms with E-state index in [-0.39, 0.29) is 11.5 Å². The van der Waals surface area contributed by atoms with Gasteiger partial charge in [-0.05, 0) is 49.4 Å². The molecule has 0 spiro atoms. The number of hydrogen-bond donors (Lipinski definition) is 1. The summed E-state index contributed by atoms with van der Waals surface area (Å²) in [5, 5.41) is 7.11. The van der Waals surface area contributed by atoms with Gasteiger partial charge < -0.3 is 15.0 Å². The standard InChI is InChI=1S/C20H26N4O3/c1-13-7-16(8-14(2)19(13)27-4)20(26)21-10-15-5-6-24(12-15)17-9-18(25)23(3)22-11-17/h7-9,11,15H,5-6,10,12H2,1-4H3,(H,21,26)/t15-/m0/s1. The largest absolute Gasteiger partial charge is 0.496 e. The summed E-state index contributed by atoms with van der Waals surface area (Å²) < 4.78 is 6.67. The van der Waals surface area contributed by atoms with Crippen LogP contribution in [0.2, 0.25) is 0 Å². The molecule has 27 heavy (non-hydrogen) atoms. The lowest BCUT2D eigenvalue weighted by molar-refractivity contribution is 0.0948. The van der Waals surface area contributed by atoms with Crippen molar-refractivity contribution in [3.63, 3.8) is 0 Å². The quantitative estimate of drug-likeness (QED) is 0.866. The zero-order chi connectivity index (χ0) is 19.6. The normalized spacial score (nSPS) is 16.4. The Labute approximate surface area is 158 Å². The highest BCUT2D eigenvalue weighted by molar-refractivity contribution is 5.94. The molecule has 2 heterocycles. The SMILES string of the molecule is COc1c(C)cc(C(=O)NC[C@@H]2CCN(c3cnn(C)c(=O)c3)C2)cc1C. The van der Waals surface area contributed by atoms with Crippen LogP contribution in [0, 0.1) is 19.8 Å². The van der Waals surface area contributed by atoms with E-state index in [9.17, 15) is 9.59 Å². The first-order valence-corrected chi connectivity index (χ1v) is 9.10. The van der Waals surface area contributed by atoms with Gasteiger partial charge in [-0.3, -0.25) is 9.59 Å². The van der Waals surface area contributed by atoms with Gasteiger partial charge in [0.1, 0.15) is 5.75 Å². The van der Waals surface area contributed by atoms with Crippen molar-refractivity contribution in [3.8, 4) is 5.75 Å². The van der Waals surface area contributed by atoms with Crippen LogP contribution in [0.15, 0.2) is 29.2 Å². The number of carbonyl (C=O) groups is 1. The predicted octanol–water partition coefficient (Wildman–Crippen LogP) is 1.66. The molecule has 144 valence electrons. The van der Waals surface area contributed by atoms with Gasteiger partial charge in [0, 0.05) is 38.3 Å². The number of benzene rings is 1. The van der Waals surface area contributed by atoms with Crippen molar-refractivity contribution in [3.05, 3.63) is 51.4 Å². The number of anilines is 1. The van der Waals surface area contributed by atoms with Crippen LogP contribution in [0.5, 0.6) is 5.75 Å². The maximum atomic E-state index is 12.5. The van der Waals surface area contributed by atoms with Crippen LogP contribution < -0.4 is 20.5 Å². The van der Waals surface area contributed by atoms with Gasteiger partial charge in [-0.15, -0.1) is 0 Å². The van der Waals surface area contributed by atoms with Crippen molar-refractivity contribution in [1.82, 2.24) is 15.1 Å². The summed E-state index contributed by atoms with van der Waals surface area (Å²) in [6.45, 7) is 6.15. The summed E-state index contributed by atoms with van der Waals surface area (Å²) in [4.78, 5) is 26.4. The molecule has 1 atom stereocenters. The molecule has 1 saturated heterocycles. The number of rotatable bonds is 5. The molecule has 1 aliphatic rings. The van der Waals surface area contributed by atoms with E-state index in [1.54, 1.807) is 26.4 Å². The molecular formula is C20H26N4O3. The van der Waals surface area contributed by atoms with Crippen molar-refractivity contribution in [1.29, 1.82) is 0 Å². The molecule has 0 bridgehead atoms. The molecule has 1 amide bonds. The van der Waals surface area contributed by atoms with E-state index in [1.165, 1.54) is 4.68 Å². The van der Waals surface area contributed by atoms with Crippen molar-refractivity contribution < 1.29 is 9.53 Å². The molecule has 3 rings (SSSR count). The highest BCUT2D eigenvalue weighted by atomic mass is 16.5. The fourth-order valence-electron chi connectivity index (χ4n) is 3.61. The second kappa shape index (κ2) is 7.82. The number of nitrogens with zero attached hydrogens (tertiary/aromatic N) is 3. The Bertz CT molecular complexity index is 883. The molecule has 1 N–H and O–H groups in total. The highest BCUT2D eigenvalue weighted by Gasteiger charge is 2.24. The molecule has 1 aromatic carbocycles. The van der Waals surface area contributed by atoms with E-state index < -0.39 is 0 Å². The van der Waals surface area contributed by atoms with E-state index in [4.69, 9.17) is 4.74 Å². The minimum absolute atomic E-state index is 0.0717. The Morgan fingerprint density at radius 1 is 1.30 bits per heavy atom. The second-order valence-corrected chi connectivity index (χ2v) is 7.13. The third kappa shape index (κ3) is 4.13. The minimum atomic E-state index is -0.116. The van der Waals surface area contributed by atoms with E-state index in [1.807, 2.05) is 26.0 Å². The lowest BCUT2D eigenvalue weighted by atomic mass is 10.0. The molecular weight excluding hydrogens is 344 g/mol. The lowest BCUT2D eigenvalue weighted by Crippen LogP contribution is -2.31. The zero-order valence-corrected chi connectivity index (χ0v) is 16.3. The fourth-order valence-corrected chi connectivity index (χ4v) is 3.61. The van der Waals surface area contributed by atoms with Crippen molar-refractivity contribution >= 4 is 11.6 Å². The number of amides is 1. The molecule has 0 unspecified atom stereocenters. The Balaban J connectivity index is 1.58. The van der Waals surface area contributed by atoms with Crippen molar-refractivity contribution in [2.24, 2.45) is 13.0 Å². The Morgan fingerprint density at radius 2 is 2.00 bits per heavy atom. The minimum Gasteiger partial charge on any atom is -0.496 e. The first kappa shape index (κ1) is 18.9. The van der Waals surface area contributed by atoms with Gasteiger partial charge in [0.2, 0.25) is 0 Å².